The summed E-state index contributed by atoms with van der Waals surface area (Å²) in [6.45, 7) is 0. The van der Waals surface area contributed by atoms with Crippen LogP contribution in [0.3, 0.4) is 0 Å². The van der Waals surface area contributed by atoms with Crippen LogP contribution in [-0.4, -0.2) is 66.0 Å². The molecule has 2 heterocycles. The van der Waals surface area contributed by atoms with E-state index in [2.05, 4.69) is 19.7 Å². The fourth-order valence-electron chi connectivity index (χ4n) is 1.43. The van der Waals surface area contributed by atoms with Crippen LogP contribution in [0.2, 0.25) is 0 Å². The van der Waals surface area contributed by atoms with Crippen molar-refractivity contribution in [1.82, 2.24) is 15.0 Å². The van der Waals surface area contributed by atoms with Crippen LogP contribution in [0.5, 0.6) is 5.88 Å². The maximum atomic E-state index is 10.8. The van der Waals surface area contributed by atoms with Crippen LogP contribution in [0.1, 0.15) is 10.5 Å². The highest BCUT2D eigenvalue weighted by Gasteiger charge is 2.45. The van der Waals surface area contributed by atoms with Crippen molar-refractivity contribution in [2.75, 3.05) is 0 Å². The lowest BCUT2D eigenvalue weighted by Crippen LogP contribution is -2.59. The van der Waals surface area contributed by atoms with Crippen LogP contribution in [-0.2, 0) is 0 Å². The van der Waals surface area contributed by atoms with Gasteiger partial charge in [0, 0.05) is 17.8 Å². The standard InChI is InChI=1S/C12H10BN3O7/c13-11(19,12(20,21)22)23-9-2-1-6(3-15-9)7-4-14-5-8(16-7)10(17)18/h1-5,19-22H,(H,17,18). The molecular weight excluding hydrogens is 309 g/mol. The number of rotatable bonds is 5. The summed E-state index contributed by atoms with van der Waals surface area (Å²) < 4.78 is 4.56. The van der Waals surface area contributed by atoms with Crippen molar-refractivity contribution in [2.45, 2.75) is 11.7 Å². The molecule has 0 aliphatic rings. The Hall–Kier alpha value is -2.60. The van der Waals surface area contributed by atoms with Gasteiger partial charge in [-0.2, -0.15) is 0 Å². The Morgan fingerprint density at radius 3 is 2.35 bits per heavy atom. The first kappa shape index (κ1) is 16.8. The van der Waals surface area contributed by atoms with E-state index in [0.29, 0.717) is 5.56 Å². The molecule has 1 atom stereocenters. The predicted octanol–water partition coefficient (Wildman–Crippen LogP) is -1.94. The first-order valence-electron chi connectivity index (χ1n) is 5.99. The molecule has 5 N–H and O–H groups in total. The third-order valence-electron chi connectivity index (χ3n) is 2.63. The van der Waals surface area contributed by atoms with Gasteiger partial charge < -0.3 is 30.3 Å². The molecule has 10 nitrogen and oxygen atoms in total. The number of aromatic nitrogens is 3. The van der Waals surface area contributed by atoms with Crippen LogP contribution in [0.15, 0.2) is 30.7 Å². The molecule has 0 saturated heterocycles. The molecule has 2 rings (SSSR count). The molecule has 0 amide bonds. The van der Waals surface area contributed by atoms with Gasteiger partial charge in [-0.25, -0.2) is 14.8 Å². The van der Waals surface area contributed by atoms with Gasteiger partial charge in [-0.05, 0) is 6.07 Å². The van der Waals surface area contributed by atoms with Crippen LogP contribution in [0.4, 0.5) is 0 Å². The number of carboxylic acid groups (broad SMARTS) is 1. The first-order valence-corrected chi connectivity index (χ1v) is 5.99. The SMILES string of the molecule is [B]C(O)(Oc1ccc(-c2cncc(C(=O)O)n2)cn1)C(O)(O)O. The second kappa shape index (κ2) is 5.89. The second-order valence-electron chi connectivity index (χ2n) is 4.41. The lowest BCUT2D eigenvalue weighted by atomic mass is 9.92. The maximum absolute atomic E-state index is 10.8. The molecule has 1 unspecified atom stereocenters. The first-order chi connectivity index (χ1) is 10.6. The monoisotopic (exact) mass is 319 g/mol. The highest BCUT2D eigenvalue weighted by Crippen LogP contribution is 2.22. The molecule has 118 valence electrons. The number of hydrogen-bond donors (Lipinski definition) is 5. The topological polar surface area (TPSA) is 166 Å². The number of aromatic carboxylic acids is 1. The molecule has 0 spiro atoms. The minimum Gasteiger partial charge on any atom is -0.476 e. The van der Waals surface area contributed by atoms with Gasteiger partial charge in [0.25, 0.3) is 0 Å². The lowest BCUT2D eigenvalue weighted by Gasteiger charge is -2.32. The van der Waals surface area contributed by atoms with E-state index in [9.17, 15) is 9.90 Å². The van der Waals surface area contributed by atoms with Gasteiger partial charge in [-0.3, -0.25) is 4.98 Å². The van der Waals surface area contributed by atoms with Crippen molar-refractivity contribution in [1.29, 1.82) is 0 Å². The normalized spacial score (nSPS) is 14.1. The third kappa shape index (κ3) is 3.79. The van der Waals surface area contributed by atoms with E-state index in [4.69, 9.17) is 28.3 Å². The fraction of sp³-hybridized carbons (Fsp3) is 0.167. The average Bonchev–Trinajstić information content (AvgIpc) is 2.46. The summed E-state index contributed by atoms with van der Waals surface area (Å²) in [6.07, 6.45) is 3.58. The Labute approximate surface area is 130 Å². The highest BCUT2D eigenvalue weighted by atomic mass is 16.8. The number of hydrogen-bond acceptors (Lipinski definition) is 9. The van der Waals surface area contributed by atoms with Gasteiger partial charge in [0.05, 0.1) is 18.1 Å². The molecular formula is C12H10BN3O7. The lowest BCUT2D eigenvalue weighted by molar-refractivity contribution is -0.408. The molecule has 0 aliphatic carbocycles. The molecule has 0 aromatic carbocycles. The summed E-state index contributed by atoms with van der Waals surface area (Å²) >= 11 is 0. The summed E-state index contributed by atoms with van der Waals surface area (Å²) in [5.41, 5.74) is -2.89. The second-order valence-corrected chi connectivity index (χ2v) is 4.41. The molecule has 0 aliphatic heterocycles. The van der Waals surface area contributed by atoms with Crippen molar-refractivity contribution in [3.8, 4) is 17.1 Å². The Balaban J connectivity index is 2.23. The van der Waals surface area contributed by atoms with Gasteiger partial charge in [-0.15, -0.1) is 0 Å². The number of carbonyl (C=O) groups is 1. The molecule has 2 aromatic rings. The minimum absolute atomic E-state index is 0.216. The largest absolute Gasteiger partial charge is 0.476 e. The summed E-state index contributed by atoms with van der Waals surface area (Å²) in [7, 11) is 4.98. The van der Waals surface area contributed by atoms with E-state index >= 15 is 0 Å². The fourth-order valence-corrected chi connectivity index (χ4v) is 1.43. The smallest absolute Gasteiger partial charge is 0.356 e. The average molecular weight is 319 g/mol. The van der Waals surface area contributed by atoms with Gasteiger partial charge in [0.1, 0.15) is 0 Å². The Bertz CT molecular complexity index is 715. The van der Waals surface area contributed by atoms with Crippen LogP contribution in [0.25, 0.3) is 11.3 Å². The van der Waals surface area contributed by atoms with Crippen molar-refractivity contribution in [3.63, 3.8) is 0 Å². The summed E-state index contributed by atoms with van der Waals surface area (Å²) in [6, 6.07) is 2.55. The zero-order valence-electron chi connectivity index (χ0n) is 11.4. The molecule has 0 fully saturated rings. The number of aliphatic hydroxyl groups is 4. The molecule has 11 heteroatoms. The Morgan fingerprint density at radius 1 is 1.13 bits per heavy atom. The van der Waals surface area contributed by atoms with Crippen LogP contribution >= 0.6 is 0 Å². The van der Waals surface area contributed by atoms with E-state index in [-0.39, 0.29) is 17.3 Å². The van der Waals surface area contributed by atoms with Gasteiger partial charge in [0.15, 0.2) is 13.5 Å². The van der Waals surface area contributed by atoms with Crippen molar-refractivity contribution >= 4 is 13.8 Å². The minimum atomic E-state index is -3.71. The predicted molar refractivity (Wildman–Crippen MR) is 72.9 cm³/mol. The zero-order valence-corrected chi connectivity index (χ0v) is 11.4. The van der Waals surface area contributed by atoms with Gasteiger partial charge in [-0.1, -0.05) is 0 Å². The van der Waals surface area contributed by atoms with Crippen molar-refractivity contribution in [3.05, 3.63) is 36.4 Å². The molecule has 0 bridgehead atoms. The van der Waals surface area contributed by atoms with Crippen molar-refractivity contribution < 1.29 is 35.1 Å². The van der Waals surface area contributed by atoms with E-state index in [1.54, 1.807) is 0 Å². The maximum Gasteiger partial charge on any atom is 0.356 e. The summed E-state index contributed by atoms with van der Waals surface area (Å²) in [5.74, 6) is -5.30. The Kier molecular flexibility index (Phi) is 4.30. The van der Waals surface area contributed by atoms with E-state index < -0.39 is 17.6 Å². The van der Waals surface area contributed by atoms with Gasteiger partial charge >= 0.3 is 11.9 Å². The Morgan fingerprint density at radius 2 is 1.83 bits per heavy atom. The molecule has 2 radical (unpaired) electrons. The molecule has 0 saturated carbocycles. The molecule has 23 heavy (non-hydrogen) atoms. The number of ether oxygens (including phenoxy) is 1. The number of nitrogens with zero attached hydrogens (tertiary/aromatic N) is 3. The van der Waals surface area contributed by atoms with Gasteiger partial charge in [0.2, 0.25) is 11.6 Å². The van der Waals surface area contributed by atoms with Crippen LogP contribution in [0, 0.1) is 0 Å². The van der Waals surface area contributed by atoms with E-state index in [1.165, 1.54) is 24.5 Å². The molecule has 2 aromatic heterocycles. The van der Waals surface area contributed by atoms with E-state index in [1.807, 2.05) is 0 Å². The number of pyridine rings is 1. The summed E-state index contributed by atoms with van der Waals surface area (Å²) in [5, 5.41) is 44.7. The number of carboxylic acids is 1. The highest BCUT2D eigenvalue weighted by molar-refractivity contribution is 6.13. The van der Waals surface area contributed by atoms with Crippen LogP contribution < -0.4 is 4.74 Å². The quantitative estimate of drug-likeness (QED) is 0.309. The third-order valence-corrected chi connectivity index (χ3v) is 2.63. The summed E-state index contributed by atoms with van der Waals surface area (Å²) in [4.78, 5) is 22.1. The van der Waals surface area contributed by atoms with E-state index in [0.717, 1.165) is 6.20 Å². The van der Waals surface area contributed by atoms with Crippen molar-refractivity contribution in [2.24, 2.45) is 0 Å². The zero-order chi connectivity index (χ0) is 17.3.